The summed E-state index contributed by atoms with van der Waals surface area (Å²) in [5.74, 6) is -0.650. The number of aromatic nitrogens is 3. The van der Waals surface area contributed by atoms with Gasteiger partial charge in [-0.15, -0.1) is 0 Å². The minimum Gasteiger partial charge on any atom is -0.495 e. The van der Waals surface area contributed by atoms with E-state index in [0.29, 0.717) is 39.4 Å². The van der Waals surface area contributed by atoms with Gasteiger partial charge in [0, 0.05) is 47.5 Å². The zero-order valence-electron chi connectivity index (χ0n) is 19.2. The highest BCUT2D eigenvalue weighted by Gasteiger charge is 2.18. The Balaban J connectivity index is 1.38. The predicted octanol–water partition coefficient (Wildman–Crippen LogP) is 5.08. The van der Waals surface area contributed by atoms with E-state index in [2.05, 4.69) is 20.3 Å². The minimum absolute atomic E-state index is 0.0754. The fourth-order valence-electron chi connectivity index (χ4n) is 3.71. The molecule has 0 unspecified atom stereocenters. The largest absolute Gasteiger partial charge is 0.495 e. The van der Waals surface area contributed by atoms with Gasteiger partial charge in [-0.2, -0.15) is 0 Å². The molecule has 5 rings (SSSR count). The van der Waals surface area contributed by atoms with Gasteiger partial charge < -0.3 is 24.2 Å². The van der Waals surface area contributed by atoms with Crippen molar-refractivity contribution < 1.29 is 23.1 Å². The van der Waals surface area contributed by atoms with Crippen molar-refractivity contribution in [2.45, 2.75) is 6.92 Å². The Kier molecular flexibility index (Phi) is 5.91. The summed E-state index contributed by atoms with van der Waals surface area (Å²) in [6.07, 6.45) is 7.21. The van der Waals surface area contributed by atoms with Gasteiger partial charge in [-0.25, -0.2) is 9.37 Å². The second-order valence-electron chi connectivity index (χ2n) is 7.80. The Morgan fingerprint density at radius 2 is 2.00 bits per heavy atom. The van der Waals surface area contributed by atoms with Crippen LogP contribution in [0.15, 0.2) is 76.7 Å². The molecule has 0 aliphatic heterocycles. The van der Waals surface area contributed by atoms with Gasteiger partial charge in [0.2, 0.25) is 5.43 Å². The normalized spacial score (nSPS) is 10.9. The van der Waals surface area contributed by atoms with Gasteiger partial charge in [-0.1, -0.05) is 0 Å². The maximum atomic E-state index is 14.9. The lowest BCUT2D eigenvalue weighted by atomic mass is 10.0. The van der Waals surface area contributed by atoms with Crippen LogP contribution in [0.3, 0.4) is 0 Å². The van der Waals surface area contributed by atoms with Crippen LogP contribution >= 0.6 is 0 Å². The first-order valence-electron chi connectivity index (χ1n) is 10.8. The molecule has 0 aliphatic rings. The van der Waals surface area contributed by atoms with Crippen molar-refractivity contribution in [2.75, 3.05) is 12.4 Å². The molecule has 4 aromatic heterocycles. The molecule has 0 fully saturated rings. The fourth-order valence-corrected chi connectivity index (χ4v) is 3.71. The van der Waals surface area contributed by atoms with Gasteiger partial charge in [-0.05, 0) is 25.1 Å². The Labute approximate surface area is 203 Å². The van der Waals surface area contributed by atoms with Crippen LogP contribution in [0.1, 0.15) is 16.1 Å². The smallest absolute Gasteiger partial charge is 0.261 e. The molecule has 4 heterocycles. The molecule has 2 N–H and O–H groups in total. The van der Waals surface area contributed by atoms with Crippen molar-refractivity contribution in [3.8, 4) is 28.4 Å². The number of hydrogen-bond donors (Lipinski definition) is 2. The summed E-state index contributed by atoms with van der Waals surface area (Å²) in [6.45, 7) is 1.72. The number of rotatable bonds is 6. The molecule has 0 radical (unpaired) electrons. The summed E-state index contributed by atoms with van der Waals surface area (Å²) >= 11 is 0. The number of carbonyl (C=O) groups is 1. The summed E-state index contributed by atoms with van der Waals surface area (Å²) < 4.78 is 30.8. The number of nitrogens with zero attached hydrogens (tertiary/aromatic N) is 2. The van der Waals surface area contributed by atoms with Crippen molar-refractivity contribution in [3.05, 3.63) is 94.8 Å². The average molecular weight is 486 g/mol. The molecule has 36 heavy (non-hydrogen) atoms. The third-order valence-electron chi connectivity index (χ3n) is 5.49. The summed E-state index contributed by atoms with van der Waals surface area (Å²) in [5, 5.41) is 2.55. The maximum absolute atomic E-state index is 14.9. The van der Waals surface area contributed by atoms with Gasteiger partial charge in [0.05, 0.1) is 36.9 Å². The van der Waals surface area contributed by atoms with E-state index in [1.807, 2.05) is 0 Å². The molecule has 0 spiro atoms. The number of benzene rings is 1. The third-order valence-corrected chi connectivity index (χ3v) is 5.49. The highest BCUT2D eigenvalue weighted by atomic mass is 19.1. The molecule has 0 atom stereocenters. The highest BCUT2D eigenvalue weighted by Crippen LogP contribution is 2.31. The standard InChI is InChI=1S/C26H19FN4O5/c1-14-23(15-6-8-35-13-15)25(32)18(12-29-14)26(33)31-16-3-4-21(19(27)9-16)36-22-5-7-28-20-10-17(34-2)11-30-24(20)22/h3-13H,1-2H3,(H,29,32)(H,31,33). The molecule has 5 aromatic rings. The van der Waals surface area contributed by atoms with Gasteiger partial charge in [0.15, 0.2) is 17.3 Å². The minimum atomic E-state index is -0.719. The molecule has 9 nitrogen and oxygen atoms in total. The van der Waals surface area contributed by atoms with Crippen molar-refractivity contribution in [1.29, 1.82) is 0 Å². The number of aromatic amines is 1. The summed E-state index contributed by atoms with van der Waals surface area (Å²) in [6, 6.07) is 8.83. The number of fused-ring (bicyclic) bond motifs is 1. The molecule has 0 aliphatic carbocycles. The number of ether oxygens (including phenoxy) is 2. The number of pyridine rings is 3. The SMILES string of the molecule is COc1cnc2c(Oc3ccc(NC(=O)c4c[nH]c(C)c(-c5ccoc5)c4=O)cc3F)ccnc2c1. The number of halogens is 1. The number of carbonyl (C=O) groups excluding carboxylic acids is 1. The van der Waals surface area contributed by atoms with Crippen molar-refractivity contribution in [3.63, 3.8) is 0 Å². The fraction of sp³-hybridized carbons (Fsp3) is 0.0769. The number of amides is 1. The number of methoxy groups -OCH3 is 1. The van der Waals surface area contributed by atoms with Gasteiger partial charge in [0.1, 0.15) is 16.8 Å². The van der Waals surface area contributed by atoms with Crippen LogP contribution in [0, 0.1) is 12.7 Å². The second-order valence-corrected chi connectivity index (χ2v) is 7.80. The van der Waals surface area contributed by atoms with E-state index in [9.17, 15) is 14.0 Å². The molecule has 1 aromatic carbocycles. The van der Waals surface area contributed by atoms with E-state index >= 15 is 0 Å². The number of hydrogen-bond acceptors (Lipinski definition) is 7. The first-order valence-corrected chi connectivity index (χ1v) is 10.8. The Morgan fingerprint density at radius 1 is 1.14 bits per heavy atom. The van der Waals surface area contributed by atoms with Crippen LogP contribution < -0.4 is 20.2 Å². The average Bonchev–Trinajstić information content (AvgIpc) is 3.40. The Hall–Kier alpha value is -4.99. The molecule has 0 bridgehead atoms. The van der Waals surface area contributed by atoms with E-state index in [-0.39, 0.29) is 17.0 Å². The van der Waals surface area contributed by atoms with Crippen LogP contribution in [-0.4, -0.2) is 28.0 Å². The lowest BCUT2D eigenvalue weighted by Crippen LogP contribution is -2.23. The van der Waals surface area contributed by atoms with E-state index in [1.165, 1.54) is 50.4 Å². The number of anilines is 1. The van der Waals surface area contributed by atoms with E-state index in [1.54, 1.807) is 25.1 Å². The van der Waals surface area contributed by atoms with Crippen LogP contribution in [0.5, 0.6) is 17.2 Å². The van der Waals surface area contributed by atoms with E-state index in [4.69, 9.17) is 13.9 Å². The lowest BCUT2D eigenvalue weighted by molar-refractivity contribution is 0.102. The summed E-state index contributed by atoms with van der Waals surface area (Å²) in [4.78, 5) is 37.2. The molecular formula is C26H19FN4O5. The Morgan fingerprint density at radius 3 is 2.75 bits per heavy atom. The number of H-pyrrole nitrogens is 1. The monoisotopic (exact) mass is 486 g/mol. The number of nitrogens with one attached hydrogen (secondary N) is 2. The third kappa shape index (κ3) is 4.27. The summed E-state index contributed by atoms with van der Waals surface area (Å²) in [5.41, 5.74) is 1.96. The first kappa shape index (κ1) is 22.8. The first-order chi connectivity index (χ1) is 17.4. The molecular weight excluding hydrogens is 467 g/mol. The van der Waals surface area contributed by atoms with E-state index < -0.39 is 17.2 Å². The quantitative estimate of drug-likeness (QED) is 0.344. The van der Waals surface area contributed by atoms with Crippen LogP contribution in [0.25, 0.3) is 22.2 Å². The van der Waals surface area contributed by atoms with Gasteiger partial charge in [-0.3, -0.25) is 14.6 Å². The van der Waals surface area contributed by atoms with Crippen molar-refractivity contribution >= 4 is 22.6 Å². The topological polar surface area (TPSA) is 119 Å². The predicted molar refractivity (Wildman–Crippen MR) is 130 cm³/mol. The van der Waals surface area contributed by atoms with Gasteiger partial charge in [0.25, 0.3) is 5.91 Å². The van der Waals surface area contributed by atoms with E-state index in [0.717, 1.165) is 6.07 Å². The molecule has 10 heteroatoms. The van der Waals surface area contributed by atoms with Crippen LogP contribution in [-0.2, 0) is 0 Å². The second kappa shape index (κ2) is 9.34. The zero-order valence-corrected chi connectivity index (χ0v) is 19.2. The van der Waals surface area contributed by atoms with Crippen LogP contribution in [0.4, 0.5) is 10.1 Å². The Bertz CT molecular complexity index is 1650. The number of furan rings is 1. The molecule has 180 valence electrons. The van der Waals surface area contributed by atoms with Crippen molar-refractivity contribution in [1.82, 2.24) is 15.0 Å². The maximum Gasteiger partial charge on any atom is 0.261 e. The molecule has 1 amide bonds. The summed E-state index contributed by atoms with van der Waals surface area (Å²) in [7, 11) is 1.52. The van der Waals surface area contributed by atoms with Crippen LogP contribution in [0.2, 0.25) is 0 Å². The van der Waals surface area contributed by atoms with Crippen molar-refractivity contribution in [2.24, 2.45) is 0 Å². The highest BCUT2D eigenvalue weighted by molar-refractivity contribution is 6.04. The zero-order chi connectivity index (χ0) is 25.2. The number of aryl methyl sites for hydroxylation is 1. The molecule has 0 saturated carbocycles. The molecule has 0 saturated heterocycles. The van der Waals surface area contributed by atoms with Gasteiger partial charge >= 0.3 is 0 Å². The lowest BCUT2D eigenvalue weighted by Gasteiger charge is -2.11.